The van der Waals surface area contributed by atoms with Crippen LogP contribution >= 0.6 is 0 Å². The fourth-order valence-electron chi connectivity index (χ4n) is 3.67. The van der Waals surface area contributed by atoms with E-state index >= 15 is 0 Å². The highest BCUT2D eigenvalue weighted by Crippen LogP contribution is 2.32. The normalized spacial score (nSPS) is 14.5. The molecule has 1 aliphatic rings. The summed E-state index contributed by atoms with van der Waals surface area (Å²) in [6, 6.07) is 17.8. The fraction of sp³-hybridized carbons (Fsp3) is 0.318. The summed E-state index contributed by atoms with van der Waals surface area (Å²) in [5.74, 6) is 0. The van der Waals surface area contributed by atoms with Gasteiger partial charge in [-0.2, -0.15) is 0 Å². The molecular formula is C22H24N2. The summed E-state index contributed by atoms with van der Waals surface area (Å²) in [5, 5.41) is 1.27. The Morgan fingerprint density at radius 2 is 1.62 bits per heavy atom. The first-order valence-corrected chi connectivity index (χ1v) is 9.00. The average molecular weight is 316 g/mol. The van der Waals surface area contributed by atoms with Crippen LogP contribution in [0.15, 0.2) is 48.5 Å². The van der Waals surface area contributed by atoms with Crippen molar-refractivity contribution in [2.45, 2.75) is 33.1 Å². The number of pyridine rings is 1. The molecule has 2 heteroatoms. The summed E-state index contributed by atoms with van der Waals surface area (Å²) < 4.78 is 0. The number of benzene rings is 2. The lowest BCUT2D eigenvalue weighted by atomic mass is 10.0. The third kappa shape index (κ3) is 2.77. The van der Waals surface area contributed by atoms with Gasteiger partial charge in [0, 0.05) is 29.9 Å². The van der Waals surface area contributed by atoms with E-state index in [9.17, 15) is 0 Å². The van der Waals surface area contributed by atoms with Gasteiger partial charge in [0.15, 0.2) is 0 Å². The van der Waals surface area contributed by atoms with Crippen LogP contribution in [0.3, 0.4) is 0 Å². The minimum atomic E-state index is 1.08. The Hall–Kier alpha value is -2.35. The van der Waals surface area contributed by atoms with Crippen LogP contribution in [0, 0.1) is 6.92 Å². The van der Waals surface area contributed by atoms with Crippen LogP contribution in [0.5, 0.6) is 0 Å². The Kier molecular flexibility index (Phi) is 3.97. The zero-order valence-electron chi connectivity index (χ0n) is 14.5. The molecule has 0 amide bonds. The predicted octanol–water partition coefficient (Wildman–Crippen LogP) is 5.37. The highest BCUT2D eigenvalue weighted by atomic mass is 15.1. The molecule has 0 radical (unpaired) electrons. The molecule has 0 bridgehead atoms. The van der Waals surface area contributed by atoms with Crippen molar-refractivity contribution in [3.63, 3.8) is 0 Å². The molecule has 0 aliphatic carbocycles. The smallest absolute Gasteiger partial charge is 0.0732 e. The molecule has 0 atom stereocenters. The number of anilines is 1. The zero-order valence-corrected chi connectivity index (χ0v) is 14.5. The number of fused-ring (bicyclic) bond motifs is 1. The van der Waals surface area contributed by atoms with E-state index in [1.165, 1.54) is 53.7 Å². The van der Waals surface area contributed by atoms with Crippen molar-refractivity contribution in [2.24, 2.45) is 0 Å². The molecule has 1 aliphatic heterocycles. The third-order valence-electron chi connectivity index (χ3n) is 5.06. The van der Waals surface area contributed by atoms with Gasteiger partial charge >= 0.3 is 0 Å². The number of hydrogen-bond donors (Lipinski definition) is 0. The first-order chi connectivity index (χ1) is 11.7. The fourth-order valence-corrected chi connectivity index (χ4v) is 3.67. The Bertz CT molecular complexity index is 859. The lowest BCUT2D eigenvalue weighted by Gasteiger charge is -2.20. The molecule has 2 nitrogen and oxygen atoms in total. The molecule has 24 heavy (non-hydrogen) atoms. The van der Waals surface area contributed by atoms with E-state index in [0.717, 1.165) is 17.6 Å². The van der Waals surface area contributed by atoms with E-state index in [0.29, 0.717) is 0 Å². The minimum Gasteiger partial charge on any atom is -0.371 e. The Morgan fingerprint density at radius 1 is 0.917 bits per heavy atom. The van der Waals surface area contributed by atoms with Gasteiger partial charge in [0.25, 0.3) is 0 Å². The summed E-state index contributed by atoms with van der Waals surface area (Å²) in [6.07, 6.45) is 3.67. The number of aryl methyl sites for hydroxylation is 2. The van der Waals surface area contributed by atoms with Crippen LogP contribution in [-0.2, 0) is 6.42 Å². The van der Waals surface area contributed by atoms with E-state index in [1.54, 1.807) is 0 Å². The second-order valence-corrected chi connectivity index (χ2v) is 6.76. The first kappa shape index (κ1) is 15.2. The molecule has 0 spiro atoms. The van der Waals surface area contributed by atoms with Gasteiger partial charge < -0.3 is 4.90 Å². The average Bonchev–Trinajstić information content (AvgIpc) is 3.15. The summed E-state index contributed by atoms with van der Waals surface area (Å²) in [4.78, 5) is 7.31. The largest absolute Gasteiger partial charge is 0.371 e. The van der Waals surface area contributed by atoms with Gasteiger partial charge in [-0.1, -0.05) is 43.3 Å². The Balaban J connectivity index is 1.79. The molecule has 2 aromatic carbocycles. The van der Waals surface area contributed by atoms with Gasteiger partial charge in [0.05, 0.1) is 5.52 Å². The van der Waals surface area contributed by atoms with Gasteiger partial charge in [0.1, 0.15) is 0 Å². The summed E-state index contributed by atoms with van der Waals surface area (Å²) >= 11 is 0. The molecule has 2 heterocycles. The number of rotatable bonds is 3. The molecule has 0 N–H and O–H groups in total. The van der Waals surface area contributed by atoms with Gasteiger partial charge in [-0.05, 0) is 55.0 Å². The van der Waals surface area contributed by atoms with Crippen molar-refractivity contribution < 1.29 is 0 Å². The third-order valence-corrected chi connectivity index (χ3v) is 5.06. The van der Waals surface area contributed by atoms with Gasteiger partial charge in [-0.25, -0.2) is 0 Å². The van der Waals surface area contributed by atoms with E-state index < -0.39 is 0 Å². The Labute approximate surface area is 144 Å². The highest BCUT2D eigenvalue weighted by molar-refractivity contribution is 5.94. The van der Waals surface area contributed by atoms with Crippen molar-refractivity contribution in [3.8, 4) is 11.1 Å². The molecule has 3 aromatic rings. The van der Waals surface area contributed by atoms with E-state index in [-0.39, 0.29) is 0 Å². The van der Waals surface area contributed by atoms with Crippen LogP contribution in [0.1, 0.15) is 31.0 Å². The molecule has 0 unspecified atom stereocenters. The first-order valence-electron chi connectivity index (χ1n) is 9.00. The quantitative estimate of drug-likeness (QED) is 0.645. The molecule has 0 saturated carbocycles. The van der Waals surface area contributed by atoms with Gasteiger partial charge in [-0.3, -0.25) is 4.98 Å². The SMILES string of the molecule is CCc1ccc(-c2ccc3c(N4CCCC4)cc(C)nc3c2)cc1. The zero-order chi connectivity index (χ0) is 16.5. The number of aromatic nitrogens is 1. The maximum absolute atomic E-state index is 4.80. The summed E-state index contributed by atoms with van der Waals surface area (Å²) in [6.45, 7) is 6.62. The van der Waals surface area contributed by atoms with E-state index in [1.807, 2.05) is 0 Å². The second-order valence-electron chi connectivity index (χ2n) is 6.76. The highest BCUT2D eigenvalue weighted by Gasteiger charge is 2.16. The second kappa shape index (κ2) is 6.27. The van der Waals surface area contributed by atoms with Crippen molar-refractivity contribution >= 4 is 16.6 Å². The predicted molar refractivity (Wildman–Crippen MR) is 103 cm³/mol. The maximum Gasteiger partial charge on any atom is 0.0732 e. The van der Waals surface area contributed by atoms with Crippen LogP contribution in [0.4, 0.5) is 5.69 Å². The van der Waals surface area contributed by atoms with E-state index in [4.69, 9.17) is 4.98 Å². The van der Waals surface area contributed by atoms with Crippen molar-refractivity contribution in [1.29, 1.82) is 0 Å². The van der Waals surface area contributed by atoms with Crippen LogP contribution in [-0.4, -0.2) is 18.1 Å². The molecular weight excluding hydrogens is 292 g/mol. The standard InChI is InChI=1S/C22H24N2/c1-3-17-6-8-18(9-7-17)19-10-11-20-21(15-19)23-16(2)14-22(20)24-12-4-5-13-24/h6-11,14-15H,3-5,12-13H2,1-2H3. The monoisotopic (exact) mass is 316 g/mol. The van der Waals surface area contributed by atoms with E-state index in [2.05, 4.69) is 67.3 Å². The number of nitrogens with zero attached hydrogens (tertiary/aromatic N) is 2. The maximum atomic E-state index is 4.80. The number of hydrogen-bond acceptors (Lipinski definition) is 2. The summed E-state index contributed by atoms with van der Waals surface area (Å²) in [5.41, 5.74) is 7.44. The lowest BCUT2D eigenvalue weighted by Crippen LogP contribution is -2.18. The molecule has 1 fully saturated rings. The molecule has 4 rings (SSSR count). The van der Waals surface area contributed by atoms with Gasteiger partial charge in [0.2, 0.25) is 0 Å². The van der Waals surface area contributed by atoms with Crippen LogP contribution in [0.2, 0.25) is 0 Å². The van der Waals surface area contributed by atoms with Crippen molar-refractivity contribution in [2.75, 3.05) is 18.0 Å². The Morgan fingerprint density at radius 3 is 2.33 bits per heavy atom. The van der Waals surface area contributed by atoms with Crippen molar-refractivity contribution in [3.05, 3.63) is 59.8 Å². The summed E-state index contributed by atoms with van der Waals surface area (Å²) in [7, 11) is 0. The minimum absolute atomic E-state index is 1.08. The van der Waals surface area contributed by atoms with Crippen LogP contribution < -0.4 is 4.90 Å². The lowest BCUT2D eigenvalue weighted by molar-refractivity contribution is 0.949. The molecule has 1 aromatic heterocycles. The van der Waals surface area contributed by atoms with Crippen molar-refractivity contribution in [1.82, 2.24) is 4.98 Å². The molecule has 1 saturated heterocycles. The van der Waals surface area contributed by atoms with Crippen LogP contribution in [0.25, 0.3) is 22.0 Å². The molecule has 122 valence electrons. The topological polar surface area (TPSA) is 16.1 Å². The van der Waals surface area contributed by atoms with Gasteiger partial charge in [-0.15, -0.1) is 0 Å².